The molecule has 1 amide bonds. The van der Waals surface area contributed by atoms with Crippen LogP contribution in [-0.4, -0.2) is 52.7 Å². The molecule has 1 aromatic rings. The predicted octanol–water partition coefficient (Wildman–Crippen LogP) is 2.50. The van der Waals surface area contributed by atoms with Crippen molar-refractivity contribution in [2.24, 2.45) is 5.92 Å². The number of carbonyl (C=O) groups is 2. The van der Waals surface area contributed by atoms with E-state index in [2.05, 4.69) is 0 Å². The van der Waals surface area contributed by atoms with Gasteiger partial charge in [0.2, 0.25) is 12.1 Å². The number of carboxylic acid groups (broad SMARTS) is 1. The Hall–Kier alpha value is -2.12. The number of carbonyl (C=O) groups excluding carboxylic acids is 1. The number of carboxylic acids is 1. The van der Waals surface area contributed by atoms with Crippen LogP contribution in [0.3, 0.4) is 0 Å². The Morgan fingerprint density at radius 2 is 1.92 bits per heavy atom. The van der Waals surface area contributed by atoms with Gasteiger partial charge in [-0.25, -0.2) is 4.79 Å². The normalized spacial score (nSPS) is 26.8. The summed E-state index contributed by atoms with van der Waals surface area (Å²) in [7, 11) is 0. The minimum absolute atomic E-state index is 0.00781. The Morgan fingerprint density at radius 3 is 2.50 bits per heavy atom. The molecule has 0 bridgehead atoms. The van der Waals surface area contributed by atoms with Crippen LogP contribution in [0.1, 0.15) is 44.5 Å². The molecule has 142 valence electrons. The Balaban J connectivity index is 1.80. The van der Waals surface area contributed by atoms with Crippen molar-refractivity contribution in [3.8, 4) is 5.75 Å². The van der Waals surface area contributed by atoms with Crippen LogP contribution in [0.5, 0.6) is 5.75 Å². The number of likely N-dealkylation sites (tertiary alicyclic amines) is 1. The lowest BCUT2D eigenvalue weighted by Crippen LogP contribution is -2.45. The molecule has 0 radical (unpaired) electrons. The number of rotatable bonds is 5. The van der Waals surface area contributed by atoms with Crippen LogP contribution < -0.4 is 4.74 Å². The van der Waals surface area contributed by atoms with Gasteiger partial charge in [0.15, 0.2) is 5.79 Å². The Labute approximate surface area is 152 Å². The van der Waals surface area contributed by atoms with Crippen LogP contribution in [0.2, 0.25) is 0 Å². The summed E-state index contributed by atoms with van der Waals surface area (Å²) in [6.07, 6.45) is -0.825. The smallest absolute Gasteiger partial charge is 0.335 e. The van der Waals surface area contributed by atoms with Crippen molar-refractivity contribution in [2.45, 2.75) is 58.3 Å². The first-order valence-corrected chi connectivity index (χ1v) is 8.81. The van der Waals surface area contributed by atoms with Gasteiger partial charge in [0.25, 0.3) is 0 Å². The van der Waals surface area contributed by atoms with E-state index in [1.807, 2.05) is 27.7 Å². The molecular weight excluding hydrogens is 338 g/mol. The molecule has 7 heteroatoms. The molecule has 1 aromatic carbocycles. The van der Waals surface area contributed by atoms with Gasteiger partial charge in [0.05, 0.1) is 12.1 Å². The number of hydrogen-bond acceptors (Lipinski definition) is 5. The second-order valence-corrected chi connectivity index (χ2v) is 7.62. The number of fused-ring (bicyclic) bond motifs is 1. The zero-order chi connectivity index (χ0) is 19.1. The Kier molecular flexibility index (Phi) is 4.94. The van der Waals surface area contributed by atoms with Crippen molar-refractivity contribution >= 4 is 11.9 Å². The average molecular weight is 363 g/mol. The van der Waals surface area contributed by atoms with Crippen molar-refractivity contribution in [1.29, 1.82) is 0 Å². The molecule has 0 spiro atoms. The quantitative estimate of drug-likeness (QED) is 0.865. The average Bonchev–Trinajstić information content (AvgIpc) is 3.00. The van der Waals surface area contributed by atoms with Gasteiger partial charge in [-0.05, 0) is 44.0 Å². The van der Waals surface area contributed by atoms with Crippen molar-refractivity contribution in [3.05, 3.63) is 29.8 Å². The third kappa shape index (κ3) is 3.83. The minimum atomic E-state index is -1.000. The van der Waals surface area contributed by atoms with E-state index >= 15 is 0 Å². The standard InChI is InChI=1S/C19H25NO6/c1-11(2)9-15(21)20-10-14-16(26-19(3,4)25-14)17(20)24-13-7-5-12(6-8-13)18(22)23/h5-8,11,14,16-17H,9-10H2,1-4H3,(H,22,23). The topological polar surface area (TPSA) is 85.3 Å². The maximum absolute atomic E-state index is 12.6. The molecule has 3 atom stereocenters. The number of hydrogen-bond donors (Lipinski definition) is 1. The van der Waals surface area contributed by atoms with E-state index in [9.17, 15) is 9.59 Å². The highest BCUT2D eigenvalue weighted by molar-refractivity contribution is 5.87. The molecule has 2 aliphatic rings. The summed E-state index contributed by atoms with van der Waals surface area (Å²) in [6, 6.07) is 6.12. The largest absolute Gasteiger partial charge is 0.478 e. The van der Waals surface area contributed by atoms with Crippen LogP contribution in [0, 0.1) is 5.92 Å². The second-order valence-electron chi connectivity index (χ2n) is 7.62. The van der Waals surface area contributed by atoms with E-state index in [1.165, 1.54) is 12.1 Å². The van der Waals surface area contributed by atoms with Crippen molar-refractivity contribution in [1.82, 2.24) is 4.90 Å². The van der Waals surface area contributed by atoms with E-state index in [0.717, 1.165) is 0 Å². The van der Waals surface area contributed by atoms with E-state index in [-0.39, 0.29) is 29.6 Å². The monoisotopic (exact) mass is 363 g/mol. The number of amides is 1. The Bertz CT molecular complexity index is 684. The van der Waals surface area contributed by atoms with Gasteiger partial charge in [-0.15, -0.1) is 0 Å². The first kappa shape index (κ1) is 18.7. The van der Waals surface area contributed by atoms with Gasteiger partial charge < -0.3 is 24.2 Å². The molecule has 26 heavy (non-hydrogen) atoms. The van der Waals surface area contributed by atoms with E-state index in [0.29, 0.717) is 18.7 Å². The second kappa shape index (κ2) is 6.89. The highest BCUT2D eigenvalue weighted by Gasteiger charge is 2.55. The lowest BCUT2D eigenvalue weighted by atomic mass is 10.1. The van der Waals surface area contributed by atoms with Crippen LogP contribution >= 0.6 is 0 Å². The maximum Gasteiger partial charge on any atom is 0.335 e. The van der Waals surface area contributed by atoms with Crippen LogP contribution in [0.4, 0.5) is 0 Å². The number of ether oxygens (including phenoxy) is 3. The first-order chi connectivity index (χ1) is 12.2. The molecule has 2 aliphatic heterocycles. The van der Waals surface area contributed by atoms with Gasteiger partial charge in [-0.3, -0.25) is 4.79 Å². The molecule has 3 rings (SSSR count). The van der Waals surface area contributed by atoms with Crippen molar-refractivity contribution < 1.29 is 28.9 Å². The molecular formula is C19H25NO6. The zero-order valence-electron chi connectivity index (χ0n) is 15.5. The number of benzene rings is 1. The van der Waals surface area contributed by atoms with Gasteiger partial charge in [-0.2, -0.15) is 0 Å². The molecule has 3 unspecified atom stereocenters. The van der Waals surface area contributed by atoms with Crippen LogP contribution in [-0.2, 0) is 14.3 Å². The predicted molar refractivity (Wildman–Crippen MR) is 92.8 cm³/mol. The summed E-state index contributed by atoms with van der Waals surface area (Å²) in [4.78, 5) is 25.3. The molecule has 2 saturated heterocycles. The van der Waals surface area contributed by atoms with E-state index < -0.39 is 18.0 Å². The van der Waals surface area contributed by atoms with Crippen molar-refractivity contribution in [3.63, 3.8) is 0 Å². The summed E-state index contributed by atoms with van der Waals surface area (Å²) >= 11 is 0. The molecule has 0 aliphatic carbocycles. The fourth-order valence-corrected chi connectivity index (χ4v) is 3.38. The molecule has 7 nitrogen and oxygen atoms in total. The van der Waals surface area contributed by atoms with Crippen LogP contribution in [0.25, 0.3) is 0 Å². The van der Waals surface area contributed by atoms with Crippen molar-refractivity contribution in [2.75, 3.05) is 6.54 Å². The molecule has 0 aromatic heterocycles. The van der Waals surface area contributed by atoms with Gasteiger partial charge in [0.1, 0.15) is 18.0 Å². The highest BCUT2D eigenvalue weighted by atomic mass is 16.8. The minimum Gasteiger partial charge on any atom is -0.478 e. The summed E-state index contributed by atoms with van der Waals surface area (Å²) in [5, 5.41) is 9.01. The molecule has 1 N–H and O–H groups in total. The fraction of sp³-hybridized carbons (Fsp3) is 0.579. The highest BCUT2D eigenvalue weighted by Crippen LogP contribution is 2.38. The van der Waals surface area contributed by atoms with Gasteiger partial charge >= 0.3 is 5.97 Å². The summed E-state index contributed by atoms with van der Waals surface area (Å²) in [6.45, 7) is 8.07. The van der Waals surface area contributed by atoms with E-state index in [4.69, 9.17) is 19.3 Å². The number of nitrogens with zero attached hydrogens (tertiary/aromatic N) is 1. The summed E-state index contributed by atoms with van der Waals surface area (Å²) < 4.78 is 17.9. The molecule has 2 fully saturated rings. The molecule has 2 heterocycles. The first-order valence-electron chi connectivity index (χ1n) is 8.81. The third-order valence-electron chi connectivity index (χ3n) is 4.45. The van der Waals surface area contributed by atoms with Gasteiger partial charge in [0, 0.05) is 6.42 Å². The summed E-state index contributed by atoms with van der Waals surface area (Å²) in [5.41, 5.74) is 0.177. The molecule has 0 saturated carbocycles. The van der Waals surface area contributed by atoms with Crippen LogP contribution in [0.15, 0.2) is 24.3 Å². The Morgan fingerprint density at radius 1 is 1.27 bits per heavy atom. The van der Waals surface area contributed by atoms with Gasteiger partial charge in [-0.1, -0.05) is 13.8 Å². The zero-order valence-corrected chi connectivity index (χ0v) is 15.5. The third-order valence-corrected chi connectivity index (χ3v) is 4.45. The number of aromatic carboxylic acids is 1. The van der Waals surface area contributed by atoms with E-state index in [1.54, 1.807) is 17.0 Å². The lowest BCUT2D eigenvalue weighted by Gasteiger charge is -2.30. The fourth-order valence-electron chi connectivity index (χ4n) is 3.38. The summed E-state index contributed by atoms with van der Waals surface area (Å²) in [5.74, 6) is -1.02. The lowest BCUT2D eigenvalue weighted by molar-refractivity contribution is -0.181. The maximum atomic E-state index is 12.6. The SMILES string of the molecule is CC(C)CC(=O)N1CC2OC(C)(C)OC2C1Oc1ccc(C(=O)O)cc1.